The molecule has 0 rings (SSSR count). The van der Waals surface area contributed by atoms with Gasteiger partial charge in [-0.3, -0.25) is 0 Å². The van der Waals surface area contributed by atoms with Crippen molar-refractivity contribution in [3.63, 3.8) is 0 Å². The van der Waals surface area contributed by atoms with Gasteiger partial charge in [0.2, 0.25) is 0 Å². The number of allylic oxidation sites excluding steroid dienone is 4. The molecular formula is C20H38O2Si. The van der Waals surface area contributed by atoms with Crippen molar-refractivity contribution in [3.05, 3.63) is 35.5 Å². The van der Waals surface area contributed by atoms with Gasteiger partial charge in [-0.25, -0.2) is 0 Å². The highest BCUT2D eigenvalue weighted by molar-refractivity contribution is 6.74. The summed E-state index contributed by atoms with van der Waals surface area (Å²) in [6.07, 6.45) is 6.02. The summed E-state index contributed by atoms with van der Waals surface area (Å²) in [5.41, 5.74) is 3.43. The summed E-state index contributed by atoms with van der Waals surface area (Å²) >= 11 is 0. The molecule has 0 radical (unpaired) electrons. The lowest BCUT2D eigenvalue weighted by atomic mass is 9.97. The van der Waals surface area contributed by atoms with Gasteiger partial charge >= 0.3 is 0 Å². The Kier molecular flexibility index (Phi) is 9.34. The Morgan fingerprint density at radius 3 is 2.26 bits per heavy atom. The molecule has 0 spiro atoms. The van der Waals surface area contributed by atoms with E-state index < -0.39 is 8.32 Å². The van der Waals surface area contributed by atoms with E-state index in [1.54, 1.807) is 0 Å². The van der Waals surface area contributed by atoms with Crippen LogP contribution in [0.15, 0.2) is 35.5 Å². The van der Waals surface area contributed by atoms with Crippen LogP contribution in [0.5, 0.6) is 0 Å². The van der Waals surface area contributed by atoms with E-state index in [1.807, 2.05) is 13.0 Å². The van der Waals surface area contributed by atoms with E-state index in [4.69, 9.17) is 9.53 Å². The van der Waals surface area contributed by atoms with Crippen molar-refractivity contribution in [1.29, 1.82) is 0 Å². The zero-order valence-corrected chi connectivity index (χ0v) is 17.6. The van der Waals surface area contributed by atoms with E-state index in [0.717, 1.165) is 30.6 Å². The fourth-order valence-corrected chi connectivity index (χ4v) is 3.12. The quantitative estimate of drug-likeness (QED) is 0.421. The molecule has 0 aliphatic rings. The normalized spacial score (nSPS) is 15.7. The third-order valence-corrected chi connectivity index (χ3v) is 9.47. The average molecular weight is 339 g/mol. The van der Waals surface area contributed by atoms with Gasteiger partial charge in [0.05, 0.1) is 6.61 Å². The van der Waals surface area contributed by atoms with Gasteiger partial charge in [-0.1, -0.05) is 52.0 Å². The third-order valence-electron chi connectivity index (χ3n) is 4.93. The Morgan fingerprint density at radius 2 is 1.78 bits per heavy atom. The van der Waals surface area contributed by atoms with E-state index >= 15 is 0 Å². The van der Waals surface area contributed by atoms with Crippen LogP contribution in [0.2, 0.25) is 18.1 Å². The summed E-state index contributed by atoms with van der Waals surface area (Å²) in [7, 11) is -1.63. The van der Waals surface area contributed by atoms with Gasteiger partial charge in [0.1, 0.15) is 0 Å². The van der Waals surface area contributed by atoms with Gasteiger partial charge in [-0.05, 0) is 61.9 Å². The fourth-order valence-electron chi connectivity index (χ4n) is 2.06. The molecule has 0 saturated heterocycles. The molecule has 23 heavy (non-hydrogen) atoms. The van der Waals surface area contributed by atoms with Crippen LogP contribution in [-0.2, 0) is 4.43 Å². The predicted octanol–water partition coefficient (Wildman–Crippen LogP) is 5.87. The maximum atomic E-state index is 8.95. The first-order chi connectivity index (χ1) is 10.4. The second-order valence-corrected chi connectivity index (χ2v) is 13.1. The highest BCUT2D eigenvalue weighted by Crippen LogP contribution is 2.36. The smallest absolute Gasteiger partial charge is 0.191 e. The molecule has 1 N–H and O–H groups in total. The molecule has 0 bridgehead atoms. The lowest BCUT2D eigenvalue weighted by Crippen LogP contribution is -2.41. The van der Waals surface area contributed by atoms with Gasteiger partial charge in [-0.15, -0.1) is 0 Å². The molecule has 134 valence electrons. The summed E-state index contributed by atoms with van der Waals surface area (Å²) in [4.78, 5) is 0. The minimum atomic E-state index is -1.63. The van der Waals surface area contributed by atoms with Crippen LogP contribution in [-0.4, -0.2) is 26.6 Å². The molecular weight excluding hydrogens is 300 g/mol. The summed E-state index contributed by atoms with van der Waals surface area (Å²) in [6, 6.07) is 0. The lowest BCUT2D eigenvalue weighted by molar-refractivity contribution is 0.260. The van der Waals surface area contributed by atoms with E-state index in [-0.39, 0.29) is 11.6 Å². The largest absolute Gasteiger partial charge is 0.417 e. The topological polar surface area (TPSA) is 29.5 Å². The Labute approximate surface area is 145 Å². The monoisotopic (exact) mass is 338 g/mol. The van der Waals surface area contributed by atoms with Gasteiger partial charge in [-0.2, -0.15) is 0 Å². The van der Waals surface area contributed by atoms with E-state index in [9.17, 15) is 0 Å². The van der Waals surface area contributed by atoms with Crippen LogP contribution in [0, 0.1) is 5.92 Å². The molecule has 0 amide bonds. The molecule has 0 aromatic carbocycles. The van der Waals surface area contributed by atoms with Crippen LogP contribution in [0.4, 0.5) is 0 Å². The molecule has 0 fully saturated rings. The van der Waals surface area contributed by atoms with Crippen molar-refractivity contribution >= 4 is 8.32 Å². The van der Waals surface area contributed by atoms with Crippen molar-refractivity contribution in [1.82, 2.24) is 0 Å². The Balaban J connectivity index is 4.36. The summed E-state index contributed by atoms with van der Waals surface area (Å²) in [5.74, 6) is 0.568. The minimum absolute atomic E-state index is 0.0880. The van der Waals surface area contributed by atoms with Crippen molar-refractivity contribution < 1.29 is 9.53 Å². The van der Waals surface area contributed by atoms with Crippen LogP contribution in [0.25, 0.3) is 0 Å². The Hall–Kier alpha value is -0.643. The first kappa shape index (κ1) is 22.4. The number of hydrogen-bond donors (Lipinski definition) is 1. The summed E-state index contributed by atoms with van der Waals surface area (Å²) < 4.78 is 6.25. The van der Waals surface area contributed by atoms with Crippen molar-refractivity contribution in [2.75, 3.05) is 13.2 Å². The highest BCUT2D eigenvalue weighted by Gasteiger charge is 2.36. The number of aliphatic hydroxyl groups is 1. The molecule has 2 nitrogen and oxygen atoms in total. The number of rotatable bonds is 9. The Morgan fingerprint density at radius 1 is 1.22 bits per heavy atom. The predicted molar refractivity (Wildman–Crippen MR) is 105 cm³/mol. The standard InChI is InChI=1S/C20H38O2Si/c1-16(11-13-22-23(8,9)20(5,6)7)14-17(2)15-19(4)18(3)10-12-21/h10,15-16,21H,2,11-14H2,1,3-9H3/b18-10+,19-15+/t16-/m0/s1. The Bertz CT molecular complexity index is 439. The molecule has 0 saturated carbocycles. The zero-order chi connectivity index (χ0) is 18.3. The van der Waals surface area contributed by atoms with Gasteiger partial charge in [0, 0.05) is 6.61 Å². The SMILES string of the molecule is C=C(/C=C(C)/C(C)=C/CO)C[C@@H](C)CCO[Si](C)(C)C(C)(C)C. The van der Waals surface area contributed by atoms with Crippen LogP contribution < -0.4 is 0 Å². The second-order valence-electron chi connectivity index (χ2n) is 8.26. The maximum Gasteiger partial charge on any atom is 0.191 e. The first-order valence-corrected chi connectivity index (χ1v) is 11.6. The molecule has 0 aromatic rings. The summed E-state index contributed by atoms with van der Waals surface area (Å²) in [5, 5.41) is 9.22. The molecule has 0 aliphatic heterocycles. The van der Waals surface area contributed by atoms with Crippen molar-refractivity contribution in [2.45, 2.75) is 72.5 Å². The second kappa shape index (κ2) is 9.60. The first-order valence-electron chi connectivity index (χ1n) is 8.68. The third kappa shape index (κ3) is 8.68. The minimum Gasteiger partial charge on any atom is -0.417 e. The lowest BCUT2D eigenvalue weighted by Gasteiger charge is -2.36. The average Bonchev–Trinajstić information content (AvgIpc) is 2.36. The highest BCUT2D eigenvalue weighted by atomic mass is 28.4. The fraction of sp³-hybridized carbons (Fsp3) is 0.700. The molecule has 0 heterocycles. The van der Waals surface area contributed by atoms with Gasteiger partial charge in [0.25, 0.3) is 0 Å². The summed E-state index contributed by atoms with van der Waals surface area (Å²) in [6.45, 7) is 22.9. The van der Waals surface area contributed by atoms with Crippen molar-refractivity contribution in [3.8, 4) is 0 Å². The van der Waals surface area contributed by atoms with E-state index in [0.29, 0.717) is 5.92 Å². The zero-order valence-electron chi connectivity index (χ0n) is 16.6. The van der Waals surface area contributed by atoms with Crippen LogP contribution in [0.3, 0.4) is 0 Å². The molecule has 0 aliphatic carbocycles. The molecule has 0 aromatic heterocycles. The number of aliphatic hydroxyl groups excluding tert-OH is 1. The van der Waals surface area contributed by atoms with Gasteiger partial charge < -0.3 is 9.53 Å². The maximum absolute atomic E-state index is 8.95. The van der Waals surface area contributed by atoms with Gasteiger partial charge in [0.15, 0.2) is 8.32 Å². The van der Waals surface area contributed by atoms with E-state index in [2.05, 4.69) is 60.4 Å². The molecule has 3 heteroatoms. The molecule has 0 unspecified atom stereocenters. The van der Waals surface area contributed by atoms with Crippen molar-refractivity contribution in [2.24, 2.45) is 5.92 Å². The molecule has 1 atom stereocenters. The number of hydrogen-bond acceptors (Lipinski definition) is 2. The van der Waals surface area contributed by atoms with E-state index in [1.165, 1.54) is 5.57 Å². The van der Waals surface area contributed by atoms with Crippen LogP contribution in [0.1, 0.15) is 54.4 Å². The van der Waals surface area contributed by atoms with Crippen LogP contribution >= 0.6 is 0 Å².